The van der Waals surface area contributed by atoms with E-state index >= 15 is 0 Å². The fraction of sp³-hybridized carbons (Fsp3) is 0.533. The average molecular weight is 566 g/mol. The van der Waals surface area contributed by atoms with E-state index in [4.69, 9.17) is 0 Å². The van der Waals surface area contributed by atoms with E-state index in [2.05, 4.69) is 15.5 Å². The van der Waals surface area contributed by atoms with Gasteiger partial charge in [0, 0.05) is 25.0 Å². The van der Waals surface area contributed by atoms with E-state index in [9.17, 15) is 31.5 Å². The molecule has 2 aromatic carbocycles. The third kappa shape index (κ3) is 6.48. The summed E-state index contributed by atoms with van der Waals surface area (Å²) in [6, 6.07) is 8.92. The van der Waals surface area contributed by atoms with Crippen molar-refractivity contribution >= 4 is 11.8 Å². The first kappa shape index (κ1) is 30.0. The van der Waals surface area contributed by atoms with E-state index in [-0.39, 0.29) is 35.8 Å². The lowest BCUT2D eigenvalue weighted by atomic mass is 9.68. The van der Waals surface area contributed by atoms with Crippen LogP contribution in [0.5, 0.6) is 0 Å². The summed E-state index contributed by atoms with van der Waals surface area (Å²) in [5.41, 5.74) is -1.96. The van der Waals surface area contributed by atoms with Gasteiger partial charge in [-0.05, 0) is 106 Å². The summed E-state index contributed by atoms with van der Waals surface area (Å²) in [6.07, 6.45) is -1.25. The maximum absolute atomic E-state index is 13.9. The molecule has 0 spiro atoms. The van der Waals surface area contributed by atoms with Crippen molar-refractivity contribution < 1.29 is 31.5 Å². The van der Waals surface area contributed by atoms with Gasteiger partial charge in [0.2, 0.25) is 11.8 Å². The molecular formula is C30H36F5N3O2. The molecule has 2 N–H and O–H groups in total. The van der Waals surface area contributed by atoms with Crippen LogP contribution < -0.4 is 10.6 Å². The lowest BCUT2D eigenvalue weighted by Gasteiger charge is -2.44. The molecular weight excluding hydrogens is 529 g/mol. The molecule has 5 nitrogen and oxygen atoms in total. The van der Waals surface area contributed by atoms with Crippen molar-refractivity contribution in [1.82, 2.24) is 15.5 Å². The van der Waals surface area contributed by atoms with Gasteiger partial charge in [0.05, 0.1) is 11.0 Å². The van der Waals surface area contributed by atoms with Gasteiger partial charge in [-0.25, -0.2) is 8.78 Å². The smallest absolute Gasteiger partial charge is 0.351 e. The van der Waals surface area contributed by atoms with Crippen LogP contribution in [0.25, 0.3) is 0 Å². The lowest BCUT2D eigenvalue weighted by Crippen LogP contribution is -2.61. The van der Waals surface area contributed by atoms with Gasteiger partial charge in [0.15, 0.2) is 0 Å². The SMILES string of the molecule is CC(=O)NC(C)(C)[C@]1(C(=O)NCc2cc(F)cc(C(F)(F)F)c2)CC[C@@H](N2CCC(c3ccc(F)cc3)CC2)C1. The minimum atomic E-state index is -4.71. The van der Waals surface area contributed by atoms with Crippen LogP contribution in [0.1, 0.15) is 75.5 Å². The molecule has 2 atom stereocenters. The van der Waals surface area contributed by atoms with E-state index in [0.717, 1.165) is 50.0 Å². The Morgan fingerprint density at radius 1 is 0.975 bits per heavy atom. The number of hydrogen-bond donors (Lipinski definition) is 2. The van der Waals surface area contributed by atoms with Crippen LogP contribution in [0.3, 0.4) is 0 Å². The number of nitrogens with one attached hydrogen (secondary N) is 2. The molecule has 0 radical (unpaired) electrons. The molecule has 4 rings (SSSR count). The zero-order chi connectivity index (χ0) is 29.3. The predicted octanol–water partition coefficient (Wildman–Crippen LogP) is 5.93. The number of nitrogens with zero attached hydrogens (tertiary/aromatic N) is 1. The Balaban J connectivity index is 1.48. The number of halogens is 5. The predicted molar refractivity (Wildman–Crippen MR) is 141 cm³/mol. The Bertz CT molecular complexity index is 1220. The van der Waals surface area contributed by atoms with E-state index < -0.39 is 28.5 Å². The first-order chi connectivity index (χ1) is 18.7. The molecule has 2 fully saturated rings. The monoisotopic (exact) mass is 565 g/mol. The number of piperidine rings is 1. The molecule has 10 heteroatoms. The van der Waals surface area contributed by atoms with Crippen molar-refractivity contribution in [2.45, 2.75) is 83.1 Å². The maximum Gasteiger partial charge on any atom is 0.416 e. The van der Waals surface area contributed by atoms with Crippen LogP contribution in [0.2, 0.25) is 0 Å². The summed E-state index contributed by atoms with van der Waals surface area (Å²) in [7, 11) is 0. The highest BCUT2D eigenvalue weighted by molar-refractivity contribution is 5.86. The molecule has 1 aliphatic carbocycles. The summed E-state index contributed by atoms with van der Waals surface area (Å²) < 4.78 is 66.8. The van der Waals surface area contributed by atoms with Gasteiger partial charge in [0.25, 0.3) is 0 Å². The third-order valence-electron chi connectivity index (χ3n) is 8.73. The summed E-state index contributed by atoms with van der Waals surface area (Å²) in [4.78, 5) is 28.2. The van der Waals surface area contributed by atoms with Crippen LogP contribution in [-0.2, 0) is 22.3 Å². The van der Waals surface area contributed by atoms with Gasteiger partial charge >= 0.3 is 6.18 Å². The number of amides is 2. The molecule has 1 aliphatic heterocycles. The van der Waals surface area contributed by atoms with Gasteiger partial charge in [-0.15, -0.1) is 0 Å². The Kier molecular flexibility index (Phi) is 8.59. The van der Waals surface area contributed by atoms with Gasteiger partial charge < -0.3 is 15.5 Å². The highest BCUT2D eigenvalue weighted by Crippen LogP contribution is 2.49. The first-order valence-corrected chi connectivity index (χ1v) is 13.6. The quantitative estimate of drug-likeness (QED) is 0.409. The van der Waals surface area contributed by atoms with E-state index in [0.29, 0.717) is 24.8 Å². The average Bonchev–Trinajstić information content (AvgIpc) is 3.34. The van der Waals surface area contributed by atoms with Crippen molar-refractivity contribution in [2.24, 2.45) is 5.41 Å². The lowest BCUT2D eigenvalue weighted by molar-refractivity contribution is -0.138. The number of rotatable bonds is 7. The second-order valence-electron chi connectivity index (χ2n) is 11.7. The Morgan fingerprint density at radius 2 is 1.62 bits per heavy atom. The number of carbonyl (C=O) groups is 2. The fourth-order valence-electron chi connectivity index (χ4n) is 6.55. The van der Waals surface area contributed by atoms with Crippen LogP contribution in [-0.4, -0.2) is 41.4 Å². The third-order valence-corrected chi connectivity index (χ3v) is 8.73. The Labute approximate surface area is 231 Å². The van der Waals surface area contributed by atoms with E-state index in [1.165, 1.54) is 19.1 Å². The number of hydrogen-bond acceptors (Lipinski definition) is 3. The highest BCUT2D eigenvalue weighted by atomic mass is 19.4. The van der Waals surface area contributed by atoms with Crippen LogP contribution in [0.4, 0.5) is 22.0 Å². The van der Waals surface area contributed by atoms with Gasteiger partial charge in [-0.3, -0.25) is 9.59 Å². The molecule has 0 aromatic heterocycles. The minimum absolute atomic E-state index is 0.00516. The largest absolute Gasteiger partial charge is 0.416 e. The van der Waals surface area contributed by atoms with Crippen LogP contribution >= 0.6 is 0 Å². The zero-order valence-corrected chi connectivity index (χ0v) is 23.0. The van der Waals surface area contributed by atoms with Crippen molar-refractivity contribution in [3.63, 3.8) is 0 Å². The second-order valence-corrected chi connectivity index (χ2v) is 11.7. The molecule has 2 aromatic rings. The molecule has 1 saturated carbocycles. The number of likely N-dealkylation sites (tertiary alicyclic amines) is 1. The molecule has 2 amide bonds. The van der Waals surface area contributed by atoms with Crippen molar-refractivity contribution in [3.05, 3.63) is 70.8 Å². The van der Waals surface area contributed by atoms with Crippen LogP contribution in [0, 0.1) is 17.0 Å². The van der Waals surface area contributed by atoms with Crippen molar-refractivity contribution in [2.75, 3.05) is 13.1 Å². The minimum Gasteiger partial charge on any atom is -0.351 e. The van der Waals surface area contributed by atoms with Gasteiger partial charge in [-0.2, -0.15) is 13.2 Å². The van der Waals surface area contributed by atoms with Gasteiger partial charge in [0.1, 0.15) is 11.6 Å². The molecule has 40 heavy (non-hydrogen) atoms. The topological polar surface area (TPSA) is 61.4 Å². The van der Waals surface area contributed by atoms with Crippen molar-refractivity contribution in [3.8, 4) is 0 Å². The number of carbonyl (C=O) groups excluding carboxylic acids is 2. The van der Waals surface area contributed by atoms with E-state index in [1.54, 1.807) is 13.8 Å². The highest BCUT2D eigenvalue weighted by Gasteiger charge is 2.56. The normalized spacial score (nSPS) is 22.8. The van der Waals surface area contributed by atoms with Gasteiger partial charge in [-0.1, -0.05) is 12.1 Å². The standard InChI is InChI=1S/C30H36F5N3O2/c1-19(39)37-28(2,3)29(27(40)36-18-20-14-23(30(33,34)35)16-25(32)15-20)11-8-26(17-29)38-12-9-22(10-13-38)21-4-6-24(31)7-5-21/h4-7,14-16,22,26H,8-13,17-18H2,1-3H3,(H,36,40)(H,37,39)/t26-,29-/m1/s1. The summed E-state index contributed by atoms with van der Waals surface area (Å²) in [5.74, 6) is -1.64. The molecule has 2 aliphatic rings. The Morgan fingerprint density at radius 3 is 2.23 bits per heavy atom. The zero-order valence-electron chi connectivity index (χ0n) is 23.0. The van der Waals surface area contributed by atoms with E-state index in [1.807, 2.05) is 12.1 Å². The molecule has 1 heterocycles. The summed E-state index contributed by atoms with van der Waals surface area (Å²) >= 11 is 0. The van der Waals surface area contributed by atoms with Crippen LogP contribution in [0.15, 0.2) is 42.5 Å². The summed E-state index contributed by atoms with van der Waals surface area (Å²) in [6.45, 7) is 6.32. The first-order valence-electron chi connectivity index (χ1n) is 13.6. The maximum atomic E-state index is 13.9. The van der Waals surface area contributed by atoms with Crippen molar-refractivity contribution in [1.29, 1.82) is 0 Å². The Hall–Kier alpha value is -3.01. The second kappa shape index (κ2) is 11.5. The number of alkyl halides is 3. The number of benzene rings is 2. The molecule has 0 bridgehead atoms. The molecule has 1 saturated heterocycles. The molecule has 218 valence electrons. The fourth-order valence-corrected chi connectivity index (χ4v) is 6.55. The molecule has 0 unspecified atom stereocenters. The summed E-state index contributed by atoms with van der Waals surface area (Å²) in [5, 5.41) is 5.67.